The van der Waals surface area contributed by atoms with Crippen molar-refractivity contribution in [3.8, 4) is 11.1 Å². The van der Waals surface area contributed by atoms with Gasteiger partial charge >= 0.3 is 0 Å². The van der Waals surface area contributed by atoms with Crippen LogP contribution in [0.1, 0.15) is 11.1 Å². The van der Waals surface area contributed by atoms with Crippen LogP contribution in [0.4, 0.5) is 0 Å². The molecule has 0 spiro atoms. The van der Waals surface area contributed by atoms with E-state index in [0.717, 1.165) is 54.7 Å². The lowest BCUT2D eigenvalue weighted by Crippen LogP contribution is -1.93. The Morgan fingerprint density at radius 2 is 1.33 bits per heavy atom. The van der Waals surface area contributed by atoms with E-state index in [-0.39, 0.29) is 0 Å². The molecule has 4 aromatic heterocycles. The molecule has 0 amide bonds. The topological polar surface area (TPSA) is 51.6 Å². The highest BCUT2D eigenvalue weighted by atomic mass is 14.7. The van der Waals surface area contributed by atoms with Gasteiger partial charge < -0.3 is 0 Å². The molecule has 0 fully saturated rings. The van der Waals surface area contributed by atoms with Gasteiger partial charge in [-0.2, -0.15) is 0 Å². The van der Waals surface area contributed by atoms with Crippen LogP contribution in [-0.2, 0) is 0 Å². The molecule has 0 bridgehead atoms. The van der Waals surface area contributed by atoms with Crippen LogP contribution in [0.25, 0.3) is 54.7 Å². The Morgan fingerprint density at radius 1 is 0.600 bits per heavy atom. The molecule has 0 N–H and O–H groups in total. The highest BCUT2D eigenvalue weighted by Gasteiger charge is 2.13. The molecule has 4 nitrogen and oxygen atoms in total. The number of aryl methyl sites for hydroxylation is 2. The molecule has 0 aliphatic heterocycles. The summed E-state index contributed by atoms with van der Waals surface area (Å²) < 4.78 is 0. The van der Waals surface area contributed by atoms with Crippen LogP contribution >= 0.6 is 0 Å². The van der Waals surface area contributed by atoms with Crippen molar-refractivity contribution in [2.24, 2.45) is 0 Å². The molecule has 30 heavy (non-hydrogen) atoms. The van der Waals surface area contributed by atoms with Crippen molar-refractivity contribution in [1.82, 2.24) is 19.9 Å². The van der Waals surface area contributed by atoms with Crippen molar-refractivity contribution in [3.63, 3.8) is 0 Å². The van der Waals surface area contributed by atoms with Crippen molar-refractivity contribution < 1.29 is 0 Å². The Labute approximate surface area is 173 Å². The number of nitrogens with zero attached hydrogens (tertiary/aromatic N) is 4. The molecule has 0 atom stereocenters. The number of benzene rings is 2. The van der Waals surface area contributed by atoms with Gasteiger partial charge in [0, 0.05) is 57.5 Å². The fourth-order valence-electron chi connectivity index (χ4n) is 4.39. The van der Waals surface area contributed by atoms with Crippen molar-refractivity contribution in [1.29, 1.82) is 0 Å². The second kappa shape index (κ2) is 6.29. The van der Waals surface area contributed by atoms with Gasteiger partial charge in [0.25, 0.3) is 0 Å². The smallest absolute Gasteiger partial charge is 0.0967 e. The van der Waals surface area contributed by atoms with Crippen LogP contribution in [0.15, 0.2) is 73.3 Å². The molecule has 0 aliphatic rings. The predicted molar refractivity (Wildman–Crippen MR) is 123 cm³/mol. The number of aromatic nitrogens is 4. The minimum Gasteiger partial charge on any atom is -0.254 e. The molecule has 0 unspecified atom stereocenters. The summed E-state index contributed by atoms with van der Waals surface area (Å²) in [6.45, 7) is 4.27. The van der Waals surface area contributed by atoms with Gasteiger partial charge in [0.1, 0.15) is 0 Å². The van der Waals surface area contributed by atoms with Gasteiger partial charge in [0.2, 0.25) is 0 Å². The molecule has 0 saturated heterocycles. The SMILES string of the molecule is Cc1cc2cc(-c3cnc4c(ccc5cccnc54)c3C)cnc2c2ncccc12. The third kappa shape index (κ3) is 2.40. The standard InChI is InChI=1S/C26H18N4/c1-15-11-18-12-19(13-29-24(18)25-20(15)6-4-10-28-25)22-14-30-26-21(16(22)2)8-7-17-5-3-9-27-23(17)26/h3-14H,1-2H3. The Kier molecular flexibility index (Phi) is 3.56. The van der Waals surface area contributed by atoms with Gasteiger partial charge in [-0.3, -0.25) is 19.9 Å². The van der Waals surface area contributed by atoms with E-state index in [1.807, 2.05) is 36.9 Å². The number of fused-ring (bicyclic) bond motifs is 6. The average molecular weight is 386 g/mol. The molecule has 0 radical (unpaired) electrons. The van der Waals surface area contributed by atoms with Crippen molar-refractivity contribution in [3.05, 3.63) is 84.4 Å². The third-order valence-corrected chi connectivity index (χ3v) is 5.94. The van der Waals surface area contributed by atoms with Crippen LogP contribution < -0.4 is 0 Å². The second-order valence-electron chi connectivity index (χ2n) is 7.72. The van der Waals surface area contributed by atoms with Crippen molar-refractivity contribution >= 4 is 43.6 Å². The van der Waals surface area contributed by atoms with E-state index in [9.17, 15) is 0 Å². The van der Waals surface area contributed by atoms with Crippen LogP contribution in [0.2, 0.25) is 0 Å². The molecule has 4 heterocycles. The first-order valence-corrected chi connectivity index (χ1v) is 9.98. The summed E-state index contributed by atoms with van der Waals surface area (Å²) in [7, 11) is 0. The van der Waals surface area contributed by atoms with Crippen molar-refractivity contribution in [2.75, 3.05) is 0 Å². The Balaban J connectivity index is 1.60. The first-order valence-electron chi connectivity index (χ1n) is 9.98. The van der Waals surface area contributed by atoms with E-state index < -0.39 is 0 Å². The monoisotopic (exact) mass is 386 g/mol. The predicted octanol–water partition coefficient (Wildman–Crippen LogP) is 6.16. The van der Waals surface area contributed by atoms with Gasteiger partial charge in [-0.05, 0) is 49.2 Å². The normalized spacial score (nSPS) is 11.7. The summed E-state index contributed by atoms with van der Waals surface area (Å²) >= 11 is 0. The van der Waals surface area contributed by atoms with E-state index in [4.69, 9.17) is 9.97 Å². The molecule has 142 valence electrons. The minimum atomic E-state index is 0.932. The number of rotatable bonds is 1. The molecule has 6 rings (SSSR count). The van der Waals surface area contributed by atoms with E-state index in [1.54, 1.807) is 0 Å². The minimum absolute atomic E-state index is 0.932. The van der Waals surface area contributed by atoms with Gasteiger partial charge in [-0.1, -0.05) is 24.3 Å². The maximum atomic E-state index is 4.80. The molecule has 6 aromatic rings. The quantitative estimate of drug-likeness (QED) is 0.317. The highest BCUT2D eigenvalue weighted by Crippen LogP contribution is 2.33. The first-order chi connectivity index (χ1) is 14.7. The molecule has 4 heteroatoms. The molecular formula is C26H18N4. The summed E-state index contributed by atoms with van der Waals surface area (Å²) in [4.78, 5) is 18.7. The first kappa shape index (κ1) is 17.0. The van der Waals surface area contributed by atoms with Gasteiger partial charge in [0.15, 0.2) is 0 Å². The maximum Gasteiger partial charge on any atom is 0.0967 e. The van der Waals surface area contributed by atoms with Gasteiger partial charge in [-0.15, -0.1) is 0 Å². The van der Waals surface area contributed by atoms with Gasteiger partial charge in [0.05, 0.1) is 22.1 Å². The fraction of sp³-hybridized carbons (Fsp3) is 0.0769. The van der Waals surface area contributed by atoms with Crippen LogP contribution in [0, 0.1) is 13.8 Å². The fourth-order valence-corrected chi connectivity index (χ4v) is 4.39. The van der Waals surface area contributed by atoms with Crippen LogP contribution in [0.5, 0.6) is 0 Å². The van der Waals surface area contributed by atoms with E-state index >= 15 is 0 Å². The Morgan fingerprint density at radius 3 is 2.23 bits per heavy atom. The number of hydrogen-bond acceptors (Lipinski definition) is 4. The third-order valence-electron chi connectivity index (χ3n) is 5.94. The number of pyridine rings is 4. The summed E-state index contributed by atoms with van der Waals surface area (Å²) in [5.41, 5.74) is 8.30. The maximum absolute atomic E-state index is 4.80. The Hall–Kier alpha value is -3.92. The molecular weight excluding hydrogens is 368 g/mol. The number of hydrogen-bond donors (Lipinski definition) is 0. The highest BCUT2D eigenvalue weighted by molar-refractivity contribution is 6.07. The lowest BCUT2D eigenvalue weighted by atomic mass is 9.97. The van der Waals surface area contributed by atoms with E-state index in [1.165, 1.54) is 11.1 Å². The lowest BCUT2D eigenvalue weighted by molar-refractivity contribution is 1.33. The largest absolute Gasteiger partial charge is 0.254 e. The summed E-state index contributed by atoms with van der Waals surface area (Å²) in [5.74, 6) is 0. The second-order valence-corrected chi connectivity index (χ2v) is 7.72. The summed E-state index contributed by atoms with van der Waals surface area (Å²) in [6.07, 6.45) is 7.52. The average Bonchev–Trinajstić information content (AvgIpc) is 2.79. The summed E-state index contributed by atoms with van der Waals surface area (Å²) in [5, 5.41) is 4.46. The van der Waals surface area contributed by atoms with Crippen molar-refractivity contribution in [2.45, 2.75) is 13.8 Å². The van der Waals surface area contributed by atoms with Crippen LogP contribution in [0.3, 0.4) is 0 Å². The van der Waals surface area contributed by atoms with Crippen LogP contribution in [-0.4, -0.2) is 19.9 Å². The molecule has 0 aliphatic carbocycles. The molecule has 0 saturated carbocycles. The zero-order chi connectivity index (χ0) is 20.2. The zero-order valence-electron chi connectivity index (χ0n) is 16.7. The Bertz CT molecular complexity index is 1620. The van der Waals surface area contributed by atoms with Gasteiger partial charge in [-0.25, -0.2) is 0 Å². The lowest BCUT2D eigenvalue weighted by Gasteiger charge is -2.12. The molecule has 2 aromatic carbocycles. The zero-order valence-corrected chi connectivity index (χ0v) is 16.7. The van der Waals surface area contributed by atoms with E-state index in [2.05, 4.69) is 60.2 Å². The summed E-state index contributed by atoms with van der Waals surface area (Å²) in [6, 6.07) is 16.7. The van der Waals surface area contributed by atoms with E-state index in [0.29, 0.717) is 0 Å².